The van der Waals surface area contributed by atoms with Crippen LogP contribution in [0.25, 0.3) is 0 Å². The molecule has 0 heterocycles. The number of aryl methyl sites for hydroxylation is 1. The Morgan fingerprint density at radius 3 is 1.32 bits per heavy atom. The second-order valence-electron chi connectivity index (χ2n) is 14.1. The predicted octanol–water partition coefficient (Wildman–Crippen LogP) is 3.84. The molecule has 14 heteroatoms. The van der Waals surface area contributed by atoms with Crippen molar-refractivity contribution in [1.29, 1.82) is 0 Å². The van der Waals surface area contributed by atoms with E-state index in [-0.39, 0.29) is 11.5 Å². The number of esters is 2. The summed E-state index contributed by atoms with van der Waals surface area (Å²) in [7, 11) is 0. The first-order chi connectivity index (χ1) is 25.1. The summed E-state index contributed by atoms with van der Waals surface area (Å²) in [6.07, 6.45) is 16.1. The molecule has 0 bridgehead atoms. The molecule has 1 aromatic carbocycles. The van der Waals surface area contributed by atoms with Gasteiger partial charge in [0, 0.05) is 0 Å². The fourth-order valence-corrected chi connectivity index (χ4v) is 5.29. The van der Waals surface area contributed by atoms with E-state index in [0.717, 1.165) is 25.7 Å². The van der Waals surface area contributed by atoms with Gasteiger partial charge in [-0.2, -0.15) is 0 Å². The molecule has 0 aliphatic rings. The van der Waals surface area contributed by atoms with Gasteiger partial charge in [0.2, 0.25) is 23.6 Å². The van der Waals surface area contributed by atoms with Crippen LogP contribution in [-0.4, -0.2) is 71.8 Å². The Kier molecular flexibility index (Phi) is 22.9. The largest absolute Gasteiger partial charge is 0.421 e. The smallest absolute Gasteiger partial charge is 0.333 e. The molecule has 0 radical (unpaired) electrons. The van der Waals surface area contributed by atoms with Gasteiger partial charge in [0.05, 0.1) is 12.1 Å². The molecule has 1 aromatic rings. The van der Waals surface area contributed by atoms with Gasteiger partial charge in [-0.05, 0) is 66.0 Å². The molecule has 4 amide bonds. The van der Waals surface area contributed by atoms with Crippen molar-refractivity contribution in [3.63, 3.8) is 0 Å². The molecule has 1 rings (SSSR count). The van der Waals surface area contributed by atoms with Gasteiger partial charge in [-0.15, -0.1) is 0 Å². The molecule has 6 unspecified atom stereocenters. The molecular formula is C39H66N6O8. The van der Waals surface area contributed by atoms with Crippen LogP contribution in [0.1, 0.15) is 138 Å². The van der Waals surface area contributed by atoms with Gasteiger partial charge < -0.3 is 42.2 Å². The third kappa shape index (κ3) is 19.0. The van der Waals surface area contributed by atoms with Crippen LogP contribution >= 0.6 is 0 Å². The van der Waals surface area contributed by atoms with E-state index in [9.17, 15) is 28.8 Å². The summed E-state index contributed by atoms with van der Waals surface area (Å²) >= 11 is 0. The zero-order valence-electron chi connectivity index (χ0n) is 33.0. The highest BCUT2D eigenvalue weighted by Gasteiger charge is 2.27. The molecule has 14 nitrogen and oxygen atoms in total. The van der Waals surface area contributed by atoms with Crippen LogP contribution in [0.2, 0.25) is 0 Å². The number of carbonyl (C=O) groups excluding carboxylic acids is 6. The van der Waals surface area contributed by atoms with Crippen molar-refractivity contribution < 1.29 is 38.2 Å². The monoisotopic (exact) mass is 746 g/mol. The van der Waals surface area contributed by atoms with Crippen LogP contribution in [0, 0.1) is 0 Å². The Morgan fingerprint density at radius 1 is 0.528 bits per heavy atom. The first-order valence-corrected chi connectivity index (χ1v) is 19.4. The predicted molar refractivity (Wildman–Crippen MR) is 205 cm³/mol. The van der Waals surface area contributed by atoms with Gasteiger partial charge in [-0.25, -0.2) is 9.59 Å². The molecule has 0 saturated heterocycles. The fourth-order valence-electron chi connectivity index (χ4n) is 5.29. The first kappa shape index (κ1) is 47.0. The molecule has 8 N–H and O–H groups in total. The number of carbonyl (C=O) groups is 6. The quantitative estimate of drug-likeness (QED) is 0.0457. The summed E-state index contributed by atoms with van der Waals surface area (Å²) < 4.78 is 11.4. The highest BCUT2D eigenvalue weighted by molar-refractivity contribution is 5.93. The average Bonchev–Trinajstić information content (AvgIpc) is 3.10. The van der Waals surface area contributed by atoms with E-state index >= 15 is 0 Å². The van der Waals surface area contributed by atoms with E-state index in [0.29, 0.717) is 12.0 Å². The lowest BCUT2D eigenvalue weighted by molar-refractivity contribution is -0.141. The molecule has 0 spiro atoms. The average molecular weight is 747 g/mol. The van der Waals surface area contributed by atoms with Crippen LogP contribution in [0.15, 0.2) is 18.2 Å². The normalized spacial score (nSPS) is 14.4. The number of nitrogens with one attached hydrogen (secondary N) is 4. The summed E-state index contributed by atoms with van der Waals surface area (Å²) in [6.45, 7) is 11.0. The van der Waals surface area contributed by atoms with E-state index < -0.39 is 71.8 Å². The van der Waals surface area contributed by atoms with Gasteiger partial charge in [0.25, 0.3) is 0 Å². The van der Waals surface area contributed by atoms with Crippen LogP contribution in [0.5, 0.6) is 11.5 Å². The summed E-state index contributed by atoms with van der Waals surface area (Å²) in [5.41, 5.74) is 11.8. The maximum Gasteiger partial charge on any atom is 0.333 e. The molecule has 0 aliphatic carbocycles. The molecule has 0 saturated carbocycles. The molecule has 0 aliphatic heterocycles. The van der Waals surface area contributed by atoms with Crippen molar-refractivity contribution in [3.05, 3.63) is 23.8 Å². The van der Waals surface area contributed by atoms with Crippen molar-refractivity contribution in [1.82, 2.24) is 21.3 Å². The van der Waals surface area contributed by atoms with Gasteiger partial charge in [-0.3, -0.25) is 19.2 Å². The Morgan fingerprint density at radius 2 is 0.906 bits per heavy atom. The van der Waals surface area contributed by atoms with E-state index in [2.05, 4.69) is 28.2 Å². The summed E-state index contributed by atoms with van der Waals surface area (Å²) in [4.78, 5) is 75.6. The lowest BCUT2D eigenvalue weighted by Crippen LogP contribution is -2.52. The van der Waals surface area contributed by atoms with E-state index in [1.165, 1.54) is 105 Å². The standard InChI is InChI=1S/C39H66N6O8/c1-8-9-10-11-12-13-14-15-16-17-18-19-20-22-31-23-21-24-32(52-38(50)29(6)44-36(48)27(4)42-34(46)25(2)40)33(31)53-39(51)30(7)45-37(49)28(5)43-35(47)26(3)41/h21,23-30H,8-20,22,40-41H2,1-7H3,(H,42,46)(H,43,47)(H,44,48)(H,45,49). The lowest BCUT2D eigenvalue weighted by Gasteiger charge is -2.21. The molecular weight excluding hydrogens is 680 g/mol. The topological polar surface area (TPSA) is 221 Å². The van der Waals surface area contributed by atoms with Crippen LogP contribution < -0.4 is 42.2 Å². The van der Waals surface area contributed by atoms with E-state index in [1.54, 1.807) is 12.1 Å². The highest BCUT2D eigenvalue weighted by Crippen LogP contribution is 2.33. The zero-order chi connectivity index (χ0) is 39.9. The molecule has 53 heavy (non-hydrogen) atoms. The van der Waals surface area contributed by atoms with Crippen molar-refractivity contribution in [3.8, 4) is 11.5 Å². The minimum Gasteiger partial charge on any atom is -0.421 e. The minimum absolute atomic E-state index is 0.0280. The van der Waals surface area contributed by atoms with Gasteiger partial charge in [0.1, 0.15) is 24.2 Å². The highest BCUT2D eigenvalue weighted by atomic mass is 16.6. The maximum atomic E-state index is 13.3. The second kappa shape index (κ2) is 25.9. The summed E-state index contributed by atoms with van der Waals surface area (Å²) in [6, 6.07) is -0.883. The molecule has 0 fully saturated rings. The molecule has 6 atom stereocenters. The minimum atomic E-state index is -1.13. The van der Waals surface area contributed by atoms with Crippen LogP contribution in [0.4, 0.5) is 0 Å². The lowest BCUT2D eigenvalue weighted by atomic mass is 10.0. The van der Waals surface area contributed by atoms with Crippen molar-refractivity contribution >= 4 is 35.6 Å². The third-order valence-electron chi connectivity index (χ3n) is 8.78. The van der Waals surface area contributed by atoms with Gasteiger partial charge in [-0.1, -0.05) is 96.1 Å². The SMILES string of the molecule is CCCCCCCCCCCCCCCc1cccc(OC(=O)C(C)NC(=O)C(C)NC(=O)C(C)N)c1OC(=O)C(C)NC(=O)C(C)NC(=O)C(C)N. The van der Waals surface area contributed by atoms with Gasteiger partial charge in [0.15, 0.2) is 11.5 Å². The van der Waals surface area contributed by atoms with Crippen molar-refractivity contribution in [2.24, 2.45) is 11.5 Å². The fraction of sp³-hybridized carbons (Fsp3) is 0.692. The number of ether oxygens (including phenoxy) is 2. The first-order valence-electron chi connectivity index (χ1n) is 19.4. The number of benzene rings is 1. The molecule has 300 valence electrons. The van der Waals surface area contributed by atoms with Gasteiger partial charge >= 0.3 is 11.9 Å². The number of hydrogen-bond donors (Lipinski definition) is 6. The van der Waals surface area contributed by atoms with Crippen LogP contribution in [-0.2, 0) is 35.2 Å². The van der Waals surface area contributed by atoms with E-state index in [4.69, 9.17) is 20.9 Å². The number of hydrogen-bond acceptors (Lipinski definition) is 10. The van der Waals surface area contributed by atoms with E-state index in [1.807, 2.05) is 0 Å². The summed E-state index contributed by atoms with van der Waals surface area (Å²) in [5, 5.41) is 9.98. The number of rotatable bonds is 26. The number of para-hydroxylation sites is 1. The Bertz CT molecular complexity index is 1320. The Hall–Kier alpha value is -4.04. The van der Waals surface area contributed by atoms with Crippen LogP contribution in [0.3, 0.4) is 0 Å². The van der Waals surface area contributed by atoms with Crippen molar-refractivity contribution in [2.75, 3.05) is 0 Å². The summed E-state index contributed by atoms with van der Waals surface area (Å²) in [5.74, 6) is -3.95. The Labute approximate surface area is 316 Å². The number of nitrogens with two attached hydrogens (primary N) is 2. The molecule has 0 aromatic heterocycles. The Balaban J connectivity index is 2.96. The zero-order valence-corrected chi connectivity index (χ0v) is 33.0. The second-order valence-corrected chi connectivity index (χ2v) is 14.1. The van der Waals surface area contributed by atoms with Crippen molar-refractivity contribution in [2.45, 2.75) is 175 Å². The number of amides is 4. The maximum absolute atomic E-state index is 13.3. The third-order valence-corrected chi connectivity index (χ3v) is 8.78. The number of unbranched alkanes of at least 4 members (excludes halogenated alkanes) is 12.